The summed E-state index contributed by atoms with van der Waals surface area (Å²) in [5, 5.41) is 5.79. The van der Waals surface area contributed by atoms with Gasteiger partial charge >= 0.3 is 6.36 Å². The number of benzene rings is 1. The van der Waals surface area contributed by atoms with Gasteiger partial charge in [0, 0.05) is 19.0 Å². The number of rotatable bonds is 8. The van der Waals surface area contributed by atoms with Crippen LogP contribution in [-0.4, -0.2) is 30.8 Å². The van der Waals surface area contributed by atoms with Crippen LogP contribution in [0.4, 0.5) is 13.2 Å². The molecule has 0 saturated heterocycles. The van der Waals surface area contributed by atoms with Crippen molar-refractivity contribution in [2.75, 3.05) is 6.54 Å². The molecule has 0 aliphatic heterocycles. The fourth-order valence-corrected chi connectivity index (χ4v) is 2.02. The van der Waals surface area contributed by atoms with E-state index in [1.807, 2.05) is 0 Å². The zero-order chi connectivity index (χ0) is 18.3. The molecule has 138 valence electrons. The number of alkyl halides is 3. The van der Waals surface area contributed by atoms with E-state index in [-0.39, 0.29) is 24.2 Å². The molecule has 1 aromatic carbocycles. The van der Waals surface area contributed by atoms with Gasteiger partial charge in [-0.05, 0) is 37.0 Å². The third kappa shape index (κ3) is 8.27. The molecule has 1 amide bonds. The summed E-state index contributed by atoms with van der Waals surface area (Å²) >= 11 is 0. The van der Waals surface area contributed by atoms with Crippen molar-refractivity contribution in [2.24, 2.45) is 10.7 Å². The quantitative estimate of drug-likeness (QED) is 0.377. The van der Waals surface area contributed by atoms with Crippen molar-refractivity contribution in [2.45, 2.75) is 44.6 Å². The van der Waals surface area contributed by atoms with Crippen molar-refractivity contribution in [1.82, 2.24) is 10.6 Å². The van der Waals surface area contributed by atoms with Gasteiger partial charge < -0.3 is 21.1 Å². The van der Waals surface area contributed by atoms with Gasteiger partial charge in [-0.15, -0.1) is 13.2 Å². The Kier molecular flexibility index (Phi) is 6.49. The number of halogens is 3. The van der Waals surface area contributed by atoms with E-state index in [1.165, 1.54) is 24.3 Å². The van der Waals surface area contributed by atoms with Crippen molar-refractivity contribution in [3.63, 3.8) is 0 Å². The molecule has 0 atom stereocenters. The highest BCUT2D eigenvalue weighted by molar-refractivity contribution is 5.78. The molecule has 0 unspecified atom stereocenters. The number of ether oxygens (including phenoxy) is 1. The van der Waals surface area contributed by atoms with Crippen LogP contribution < -0.4 is 21.1 Å². The first kappa shape index (κ1) is 18.9. The summed E-state index contributed by atoms with van der Waals surface area (Å²) in [7, 11) is 0. The molecule has 9 heteroatoms. The predicted molar refractivity (Wildman–Crippen MR) is 86.9 cm³/mol. The van der Waals surface area contributed by atoms with Crippen molar-refractivity contribution < 1.29 is 22.7 Å². The number of carbonyl (C=O) groups is 1. The molecule has 2 rings (SSSR count). The number of carbonyl (C=O) groups excluding carboxylic acids is 1. The summed E-state index contributed by atoms with van der Waals surface area (Å²) in [5.41, 5.74) is 6.40. The topological polar surface area (TPSA) is 88.7 Å². The van der Waals surface area contributed by atoms with E-state index in [4.69, 9.17) is 5.73 Å². The van der Waals surface area contributed by atoms with Crippen molar-refractivity contribution >= 4 is 11.9 Å². The van der Waals surface area contributed by atoms with Gasteiger partial charge in [-0.1, -0.05) is 12.1 Å². The summed E-state index contributed by atoms with van der Waals surface area (Å²) in [6.45, 7) is 0.749. The lowest BCUT2D eigenvalue weighted by molar-refractivity contribution is -0.274. The molecule has 1 saturated carbocycles. The van der Waals surface area contributed by atoms with Crippen LogP contribution in [0.2, 0.25) is 0 Å². The number of nitrogens with two attached hydrogens (primary N) is 1. The van der Waals surface area contributed by atoms with Gasteiger partial charge in [0.15, 0.2) is 5.96 Å². The average molecular weight is 358 g/mol. The van der Waals surface area contributed by atoms with E-state index in [9.17, 15) is 18.0 Å². The monoisotopic (exact) mass is 358 g/mol. The first-order valence-corrected chi connectivity index (χ1v) is 8.00. The van der Waals surface area contributed by atoms with Gasteiger partial charge in [0.25, 0.3) is 0 Å². The van der Waals surface area contributed by atoms with E-state index in [2.05, 4.69) is 20.4 Å². The Hall–Kier alpha value is -2.45. The van der Waals surface area contributed by atoms with E-state index < -0.39 is 6.36 Å². The molecular formula is C16H21F3N4O2. The summed E-state index contributed by atoms with van der Waals surface area (Å²) in [6, 6.07) is 5.78. The molecule has 1 aromatic rings. The number of nitrogens with zero attached hydrogens (tertiary/aromatic N) is 1. The third-order valence-corrected chi connectivity index (χ3v) is 3.42. The Morgan fingerprint density at radius 1 is 1.28 bits per heavy atom. The molecule has 25 heavy (non-hydrogen) atoms. The Morgan fingerprint density at radius 2 is 1.96 bits per heavy atom. The standard InChI is InChI=1S/C16H21F3N4O2/c17-16(18,19)25-13-7-3-11(4-8-13)10-22-15(20)21-9-1-2-14(24)23-12-5-6-12/h3-4,7-8,12H,1-2,5-6,9-10H2,(H,23,24)(H3,20,21,22). The minimum absolute atomic E-state index is 0.0426. The number of aliphatic imine (C=N–C) groups is 1. The van der Waals surface area contributed by atoms with Crippen LogP contribution in [0.25, 0.3) is 0 Å². The SMILES string of the molecule is NC(=NCc1ccc(OC(F)(F)F)cc1)NCCCC(=O)NC1CC1. The second-order valence-electron chi connectivity index (χ2n) is 5.77. The predicted octanol–water partition coefficient (Wildman–Crippen LogP) is 2.05. The van der Waals surface area contributed by atoms with Gasteiger partial charge in [0.05, 0.1) is 6.54 Å². The molecule has 0 bridgehead atoms. The van der Waals surface area contributed by atoms with Crippen LogP contribution in [0.1, 0.15) is 31.2 Å². The van der Waals surface area contributed by atoms with Crippen molar-refractivity contribution in [3.05, 3.63) is 29.8 Å². The van der Waals surface area contributed by atoms with Crippen molar-refractivity contribution in [1.29, 1.82) is 0 Å². The lowest BCUT2D eigenvalue weighted by Crippen LogP contribution is -2.33. The van der Waals surface area contributed by atoms with Gasteiger partial charge in [-0.3, -0.25) is 4.79 Å². The second-order valence-corrected chi connectivity index (χ2v) is 5.77. The minimum atomic E-state index is -4.70. The fraction of sp³-hybridized carbons (Fsp3) is 0.500. The summed E-state index contributed by atoms with van der Waals surface area (Å²) in [5.74, 6) is -0.0185. The highest BCUT2D eigenvalue weighted by atomic mass is 19.4. The zero-order valence-corrected chi connectivity index (χ0v) is 13.6. The number of amides is 1. The number of hydrogen-bond acceptors (Lipinski definition) is 3. The van der Waals surface area contributed by atoms with Crippen LogP contribution in [-0.2, 0) is 11.3 Å². The first-order chi connectivity index (χ1) is 11.8. The average Bonchev–Trinajstić information content (AvgIpc) is 3.33. The third-order valence-electron chi connectivity index (χ3n) is 3.42. The van der Waals surface area contributed by atoms with Crippen LogP contribution in [0, 0.1) is 0 Å². The Bertz CT molecular complexity index is 598. The molecule has 1 fully saturated rings. The molecule has 0 radical (unpaired) electrons. The molecule has 0 aromatic heterocycles. The molecule has 0 heterocycles. The largest absolute Gasteiger partial charge is 0.573 e. The van der Waals surface area contributed by atoms with E-state index in [1.54, 1.807) is 0 Å². The molecule has 6 nitrogen and oxygen atoms in total. The van der Waals surface area contributed by atoms with Crippen molar-refractivity contribution in [3.8, 4) is 5.75 Å². The first-order valence-electron chi connectivity index (χ1n) is 8.00. The molecular weight excluding hydrogens is 337 g/mol. The van der Waals surface area contributed by atoms with Crippen LogP contribution in [0.15, 0.2) is 29.3 Å². The Labute approximate surface area is 143 Å². The second kappa shape index (κ2) is 8.59. The number of hydrogen-bond donors (Lipinski definition) is 3. The molecule has 1 aliphatic carbocycles. The molecule has 4 N–H and O–H groups in total. The molecule has 0 spiro atoms. The van der Waals surface area contributed by atoms with Gasteiger partial charge in [-0.25, -0.2) is 4.99 Å². The Balaban J connectivity index is 1.65. The highest BCUT2D eigenvalue weighted by Crippen LogP contribution is 2.22. The summed E-state index contributed by atoms with van der Waals surface area (Å²) < 4.78 is 40.0. The maximum atomic E-state index is 12.1. The van der Waals surface area contributed by atoms with Gasteiger partial charge in [0.1, 0.15) is 5.75 Å². The normalized spacial score (nSPS) is 14.9. The summed E-state index contributed by atoms with van der Waals surface area (Å²) in [6.07, 6.45) is -1.51. The van der Waals surface area contributed by atoms with Crippen LogP contribution >= 0.6 is 0 Å². The van der Waals surface area contributed by atoms with E-state index >= 15 is 0 Å². The lowest BCUT2D eigenvalue weighted by atomic mass is 10.2. The highest BCUT2D eigenvalue weighted by Gasteiger charge is 2.30. The number of guanidine groups is 1. The fourth-order valence-electron chi connectivity index (χ4n) is 2.02. The van der Waals surface area contributed by atoms with E-state index in [0.29, 0.717) is 31.0 Å². The maximum absolute atomic E-state index is 12.1. The van der Waals surface area contributed by atoms with Crippen LogP contribution in [0.3, 0.4) is 0 Å². The maximum Gasteiger partial charge on any atom is 0.573 e. The van der Waals surface area contributed by atoms with Crippen LogP contribution in [0.5, 0.6) is 5.75 Å². The van der Waals surface area contributed by atoms with Gasteiger partial charge in [0.2, 0.25) is 5.91 Å². The molecule has 1 aliphatic rings. The van der Waals surface area contributed by atoms with E-state index in [0.717, 1.165) is 12.8 Å². The zero-order valence-electron chi connectivity index (χ0n) is 13.6. The number of nitrogens with one attached hydrogen (secondary N) is 2. The smallest absolute Gasteiger partial charge is 0.406 e. The minimum Gasteiger partial charge on any atom is -0.406 e. The Morgan fingerprint density at radius 3 is 2.56 bits per heavy atom. The lowest BCUT2D eigenvalue weighted by Gasteiger charge is -2.09. The summed E-state index contributed by atoms with van der Waals surface area (Å²) in [4.78, 5) is 15.6. The van der Waals surface area contributed by atoms with Gasteiger partial charge in [-0.2, -0.15) is 0 Å².